The maximum atomic E-state index is 12.6. The van der Waals surface area contributed by atoms with Crippen LogP contribution in [0, 0.1) is 0 Å². The van der Waals surface area contributed by atoms with Crippen molar-refractivity contribution in [1.29, 1.82) is 0 Å². The maximum absolute atomic E-state index is 12.6. The van der Waals surface area contributed by atoms with E-state index in [2.05, 4.69) is 16.0 Å². The standard InChI is InChI=1S/C25H27N3O3/c1-18(20-7-4-3-5-8-20)27-25(30)21-9-6-10-22(15-21)28-24(29)17-26-16-19-11-13-23(31-2)14-12-19/h3-15,18,26H,16-17H2,1-2H3,(H,27,30)(H,28,29). The highest BCUT2D eigenvalue weighted by Crippen LogP contribution is 2.15. The minimum Gasteiger partial charge on any atom is -0.497 e. The van der Waals surface area contributed by atoms with Crippen molar-refractivity contribution in [2.75, 3.05) is 19.0 Å². The summed E-state index contributed by atoms with van der Waals surface area (Å²) >= 11 is 0. The van der Waals surface area contributed by atoms with E-state index >= 15 is 0 Å². The predicted octanol–water partition coefficient (Wildman–Crippen LogP) is 3.91. The molecule has 0 fully saturated rings. The van der Waals surface area contributed by atoms with Gasteiger partial charge in [-0.05, 0) is 48.4 Å². The van der Waals surface area contributed by atoms with Crippen molar-refractivity contribution in [3.05, 3.63) is 95.6 Å². The Morgan fingerprint density at radius 2 is 1.68 bits per heavy atom. The lowest BCUT2D eigenvalue weighted by atomic mass is 10.1. The molecule has 6 nitrogen and oxygen atoms in total. The van der Waals surface area contributed by atoms with E-state index in [-0.39, 0.29) is 24.4 Å². The molecule has 0 heterocycles. The predicted molar refractivity (Wildman–Crippen MR) is 122 cm³/mol. The molecule has 0 radical (unpaired) electrons. The molecule has 6 heteroatoms. The second kappa shape index (κ2) is 10.9. The van der Waals surface area contributed by atoms with E-state index in [1.807, 2.05) is 61.5 Å². The van der Waals surface area contributed by atoms with Gasteiger partial charge in [0.15, 0.2) is 0 Å². The van der Waals surface area contributed by atoms with Gasteiger partial charge in [0, 0.05) is 17.8 Å². The van der Waals surface area contributed by atoms with Crippen LogP contribution >= 0.6 is 0 Å². The number of anilines is 1. The first-order chi connectivity index (χ1) is 15.0. The Morgan fingerprint density at radius 3 is 2.39 bits per heavy atom. The molecule has 0 aromatic heterocycles. The molecule has 3 aromatic carbocycles. The highest BCUT2D eigenvalue weighted by molar-refractivity contribution is 5.97. The van der Waals surface area contributed by atoms with Crippen LogP contribution in [0.1, 0.15) is 34.5 Å². The summed E-state index contributed by atoms with van der Waals surface area (Å²) < 4.78 is 5.14. The van der Waals surface area contributed by atoms with Crippen molar-refractivity contribution < 1.29 is 14.3 Å². The van der Waals surface area contributed by atoms with Gasteiger partial charge >= 0.3 is 0 Å². The average molecular weight is 418 g/mol. The molecule has 0 aliphatic rings. The fraction of sp³-hybridized carbons (Fsp3) is 0.200. The molecule has 1 unspecified atom stereocenters. The van der Waals surface area contributed by atoms with Crippen LogP contribution in [0.25, 0.3) is 0 Å². The van der Waals surface area contributed by atoms with Crippen molar-refractivity contribution in [3.63, 3.8) is 0 Å². The summed E-state index contributed by atoms with van der Waals surface area (Å²) in [5.41, 5.74) is 3.16. The smallest absolute Gasteiger partial charge is 0.251 e. The maximum Gasteiger partial charge on any atom is 0.251 e. The molecule has 160 valence electrons. The number of carbonyl (C=O) groups excluding carboxylic acids is 2. The van der Waals surface area contributed by atoms with E-state index in [0.29, 0.717) is 17.8 Å². The fourth-order valence-electron chi connectivity index (χ4n) is 3.11. The second-order valence-electron chi connectivity index (χ2n) is 7.19. The zero-order valence-electron chi connectivity index (χ0n) is 17.7. The van der Waals surface area contributed by atoms with Gasteiger partial charge in [0.2, 0.25) is 5.91 Å². The Hall–Kier alpha value is -3.64. The molecular formula is C25H27N3O3. The Morgan fingerprint density at radius 1 is 0.935 bits per heavy atom. The van der Waals surface area contributed by atoms with Crippen LogP contribution in [-0.2, 0) is 11.3 Å². The molecule has 0 saturated carbocycles. The minimum atomic E-state index is -0.190. The quantitative estimate of drug-likeness (QED) is 0.493. The van der Waals surface area contributed by atoms with Gasteiger partial charge in [0.05, 0.1) is 19.7 Å². The minimum absolute atomic E-state index is 0.117. The third-order valence-corrected chi connectivity index (χ3v) is 4.83. The molecule has 3 aromatic rings. The lowest BCUT2D eigenvalue weighted by Gasteiger charge is -2.15. The average Bonchev–Trinajstić information content (AvgIpc) is 2.80. The number of hydrogen-bond acceptors (Lipinski definition) is 4. The van der Waals surface area contributed by atoms with Gasteiger partial charge in [-0.1, -0.05) is 48.5 Å². The first-order valence-corrected chi connectivity index (χ1v) is 10.1. The zero-order chi connectivity index (χ0) is 22.1. The summed E-state index contributed by atoms with van der Waals surface area (Å²) in [5, 5.41) is 8.91. The number of carbonyl (C=O) groups is 2. The van der Waals surface area contributed by atoms with Crippen molar-refractivity contribution in [2.45, 2.75) is 19.5 Å². The molecule has 0 saturated heterocycles. The third kappa shape index (κ3) is 6.69. The summed E-state index contributed by atoms with van der Waals surface area (Å²) in [6.07, 6.45) is 0. The van der Waals surface area contributed by atoms with E-state index in [4.69, 9.17) is 4.74 Å². The number of ether oxygens (including phenoxy) is 1. The van der Waals surface area contributed by atoms with Gasteiger partial charge in [-0.2, -0.15) is 0 Å². The van der Waals surface area contributed by atoms with Crippen LogP contribution in [0.15, 0.2) is 78.9 Å². The van der Waals surface area contributed by atoms with Gasteiger partial charge in [-0.15, -0.1) is 0 Å². The van der Waals surface area contributed by atoms with Crippen LogP contribution < -0.4 is 20.7 Å². The third-order valence-electron chi connectivity index (χ3n) is 4.83. The normalized spacial score (nSPS) is 11.4. The van der Waals surface area contributed by atoms with Crippen LogP contribution in [0.2, 0.25) is 0 Å². The van der Waals surface area contributed by atoms with Crippen LogP contribution in [0.5, 0.6) is 5.75 Å². The van der Waals surface area contributed by atoms with Crippen molar-refractivity contribution in [2.24, 2.45) is 0 Å². The lowest BCUT2D eigenvalue weighted by Crippen LogP contribution is -2.28. The van der Waals surface area contributed by atoms with E-state index < -0.39 is 0 Å². The summed E-state index contributed by atoms with van der Waals surface area (Å²) in [6, 6.07) is 24.2. The highest BCUT2D eigenvalue weighted by atomic mass is 16.5. The summed E-state index contributed by atoms with van der Waals surface area (Å²) in [4.78, 5) is 24.8. The topological polar surface area (TPSA) is 79.5 Å². The molecule has 0 spiro atoms. The lowest BCUT2D eigenvalue weighted by molar-refractivity contribution is -0.115. The summed E-state index contributed by atoms with van der Waals surface area (Å²) in [6.45, 7) is 2.66. The van der Waals surface area contributed by atoms with E-state index in [1.54, 1.807) is 31.4 Å². The Labute approximate surface area is 182 Å². The summed E-state index contributed by atoms with van der Waals surface area (Å²) in [5.74, 6) is 0.428. The van der Waals surface area contributed by atoms with Gasteiger partial charge in [0.1, 0.15) is 5.75 Å². The number of methoxy groups -OCH3 is 1. The van der Waals surface area contributed by atoms with Gasteiger partial charge in [0.25, 0.3) is 5.91 Å². The number of hydrogen-bond donors (Lipinski definition) is 3. The monoisotopic (exact) mass is 417 g/mol. The number of amides is 2. The van der Waals surface area contributed by atoms with E-state index in [9.17, 15) is 9.59 Å². The van der Waals surface area contributed by atoms with Gasteiger partial charge in [-0.3, -0.25) is 9.59 Å². The first kappa shape index (κ1) is 22.1. The molecule has 3 N–H and O–H groups in total. The molecular weight excluding hydrogens is 390 g/mol. The molecule has 0 aliphatic heterocycles. The van der Waals surface area contributed by atoms with Gasteiger partial charge in [-0.25, -0.2) is 0 Å². The molecule has 0 aliphatic carbocycles. The van der Waals surface area contributed by atoms with Crippen LogP contribution in [0.4, 0.5) is 5.69 Å². The van der Waals surface area contributed by atoms with Crippen molar-refractivity contribution >= 4 is 17.5 Å². The molecule has 1 atom stereocenters. The number of nitrogens with one attached hydrogen (secondary N) is 3. The van der Waals surface area contributed by atoms with Crippen LogP contribution in [0.3, 0.4) is 0 Å². The largest absolute Gasteiger partial charge is 0.497 e. The fourth-order valence-corrected chi connectivity index (χ4v) is 3.11. The SMILES string of the molecule is COc1ccc(CNCC(=O)Nc2cccc(C(=O)NC(C)c3ccccc3)c2)cc1. The van der Waals surface area contributed by atoms with Crippen molar-refractivity contribution in [3.8, 4) is 5.75 Å². The number of rotatable bonds is 9. The molecule has 0 bridgehead atoms. The van der Waals surface area contributed by atoms with Crippen LogP contribution in [-0.4, -0.2) is 25.5 Å². The first-order valence-electron chi connectivity index (χ1n) is 10.1. The Kier molecular flexibility index (Phi) is 7.79. The highest BCUT2D eigenvalue weighted by Gasteiger charge is 2.12. The van der Waals surface area contributed by atoms with E-state index in [0.717, 1.165) is 16.9 Å². The molecule has 3 rings (SSSR count). The zero-order valence-corrected chi connectivity index (χ0v) is 17.7. The molecule has 2 amide bonds. The Balaban J connectivity index is 1.49. The Bertz CT molecular complexity index is 1000. The second-order valence-corrected chi connectivity index (χ2v) is 7.19. The van der Waals surface area contributed by atoms with Gasteiger partial charge < -0.3 is 20.7 Å². The summed E-state index contributed by atoms with van der Waals surface area (Å²) in [7, 11) is 1.63. The van der Waals surface area contributed by atoms with Crippen molar-refractivity contribution in [1.82, 2.24) is 10.6 Å². The molecule has 31 heavy (non-hydrogen) atoms. The number of benzene rings is 3. The van der Waals surface area contributed by atoms with E-state index in [1.165, 1.54) is 0 Å².